The van der Waals surface area contributed by atoms with E-state index >= 15 is 0 Å². The molecule has 1 aliphatic heterocycles. The van der Waals surface area contributed by atoms with Crippen LogP contribution >= 0.6 is 11.3 Å². The molecule has 2 aromatic heterocycles. The molecular weight excluding hydrogens is 352 g/mol. The summed E-state index contributed by atoms with van der Waals surface area (Å²) in [6.45, 7) is 0.131. The van der Waals surface area contributed by atoms with Gasteiger partial charge in [-0.1, -0.05) is 12.1 Å². The highest BCUT2D eigenvalue weighted by atomic mass is 32.1. The van der Waals surface area contributed by atoms with E-state index in [-0.39, 0.29) is 29.4 Å². The van der Waals surface area contributed by atoms with Crippen molar-refractivity contribution in [2.24, 2.45) is 5.84 Å². The summed E-state index contributed by atoms with van der Waals surface area (Å²) >= 11 is 1.38. The Labute approximate surface area is 153 Å². The lowest BCUT2D eigenvalue weighted by Gasteiger charge is -2.20. The molecule has 8 heteroatoms. The minimum atomic E-state index is -0.585. The monoisotopic (exact) mass is 368 g/mol. The summed E-state index contributed by atoms with van der Waals surface area (Å²) in [6, 6.07) is 6.63. The van der Waals surface area contributed by atoms with E-state index in [1.165, 1.54) is 23.6 Å². The van der Waals surface area contributed by atoms with Crippen LogP contribution in [0.15, 0.2) is 59.9 Å². The Balaban J connectivity index is 1.81. The van der Waals surface area contributed by atoms with Crippen molar-refractivity contribution in [3.63, 3.8) is 0 Å². The number of hydrogen-bond donors (Lipinski definition) is 2. The molecule has 1 aliphatic rings. The second-order valence-electron chi connectivity index (χ2n) is 5.52. The Morgan fingerprint density at radius 1 is 1.27 bits per heavy atom. The lowest BCUT2D eigenvalue weighted by molar-refractivity contribution is 0.0939. The van der Waals surface area contributed by atoms with Crippen LogP contribution in [-0.2, 0) is 0 Å². The first kappa shape index (κ1) is 17.7. The smallest absolute Gasteiger partial charge is 0.267 e. The summed E-state index contributed by atoms with van der Waals surface area (Å²) in [5.41, 5.74) is 2.59. The first-order valence-corrected chi connectivity index (χ1v) is 8.68. The Bertz CT molecular complexity index is 903. The quantitative estimate of drug-likeness (QED) is 0.349. The number of ketones is 2. The number of carbonyl (C=O) groups is 3. The SMILES string of the molecule is NNC(=O)c1cccnc1C(=O)C1=CN(CC(=O)c2cccs2)C=CC1. The molecule has 0 aliphatic carbocycles. The second kappa shape index (κ2) is 7.85. The van der Waals surface area contributed by atoms with Crippen molar-refractivity contribution in [3.8, 4) is 0 Å². The number of thiophene rings is 1. The molecule has 3 heterocycles. The van der Waals surface area contributed by atoms with Gasteiger partial charge in [0.25, 0.3) is 5.91 Å². The van der Waals surface area contributed by atoms with Gasteiger partial charge in [0.05, 0.1) is 17.0 Å². The first-order chi connectivity index (χ1) is 12.6. The summed E-state index contributed by atoms with van der Waals surface area (Å²) in [7, 11) is 0. The molecule has 2 aromatic rings. The van der Waals surface area contributed by atoms with Crippen molar-refractivity contribution >= 4 is 28.8 Å². The molecule has 0 atom stereocenters. The average molecular weight is 368 g/mol. The minimum Gasteiger partial charge on any atom is -0.346 e. The van der Waals surface area contributed by atoms with Crippen molar-refractivity contribution in [2.45, 2.75) is 6.42 Å². The van der Waals surface area contributed by atoms with Gasteiger partial charge in [0.1, 0.15) is 5.69 Å². The number of nitrogens with zero attached hydrogens (tertiary/aromatic N) is 2. The Morgan fingerprint density at radius 3 is 2.85 bits per heavy atom. The fraction of sp³-hybridized carbons (Fsp3) is 0.111. The van der Waals surface area contributed by atoms with E-state index in [2.05, 4.69) is 4.98 Å². The molecule has 1 amide bonds. The van der Waals surface area contributed by atoms with E-state index in [9.17, 15) is 14.4 Å². The van der Waals surface area contributed by atoms with Crippen LogP contribution in [0.5, 0.6) is 0 Å². The highest BCUT2D eigenvalue weighted by molar-refractivity contribution is 7.12. The number of nitrogen functional groups attached to an aromatic ring is 1. The number of hydrogen-bond acceptors (Lipinski definition) is 7. The summed E-state index contributed by atoms with van der Waals surface area (Å²) in [5.74, 6) is 4.18. The van der Waals surface area contributed by atoms with Crippen molar-refractivity contribution < 1.29 is 14.4 Å². The molecule has 0 spiro atoms. The molecule has 0 unspecified atom stereocenters. The predicted octanol–water partition coefficient (Wildman–Crippen LogP) is 1.92. The van der Waals surface area contributed by atoms with Gasteiger partial charge in [-0.3, -0.25) is 24.8 Å². The number of allylic oxidation sites excluding steroid dienone is 2. The molecular formula is C18H16N4O3S. The molecule has 3 rings (SSSR count). The van der Waals surface area contributed by atoms with Crippen molar-refractivity contribution in [3.05, 3.63) is 76.0 Å². The molecule has 132 valence electrons. The third-order valence-corrected chi connectivity index (χ3v) is 4.68. The van der Waals surface area contributed by atoms with Gasteiger partial charge in [-0.15, -0.1) is 11.3 Å². The fourth-order valence-corrected chi connectivity index (χ4v) is 3.20. The topological polar surface area (TPSA) is 105 Å². The molecule has 0 fully saturated rings. The number of carbonyl (C=O) groups excluding carboxylic acids is 3. The Kier molecular flexibility index (Phi) is 5.35. The van der Waals surface area contributed by atoms with Gasteiger partial charge in [0.15, 0.2) is 5.78 Å². The molecule has 3 N–H and O–H groups in total. The minimum absolute atomic E-state index is 0.0292. The third-order valence-electron chi connectivity index (χ3n) is 3.77. The van der Waals surface area contributed by atoms with Crippen LogP contribution in [0.1, 0.15) is 36.9 Å². The van der Waals surface area contributed by atoms with E-state index in [4.69, 9.17) is 5.84 Å². The lowest BCUT2D eigenvalue weighted by atomic mass is 10.00. The van der Waals surface area contributed by atoms with Gasteiger partial charge in [-0.2, -0.15) is 0 Å². The van der Waals surface area contributed by atoms with E-state index in [0.29, 0.717) is 16.9 Å². The number of hydrazine groups is 1. The number of nitrogens with two attached hydrogens (primary N) is 1. The maximum atomic E-state index is 12.8. The molecule has 0 bridgehead atoms. The summed E-state index contributed by atoms with van der Waals surface area (Å²) in [5, 5.41) is 1.84. The highest BCUT2D eigenvalue weighted by Crippen LogP contribution is 2.19. The lowest BCUT2D eigenvalue weighted by Crippen LogP contribution is -2.32. The molecule has 0 radical (unpaired) electrons. The van der Waals surface area contributed by atoms with E-state index in [1.807, 2.05) is 16.9 Å². The fourth-order valence-electron chi connectivity index (χ4n) is 2.54. The van der Waals surface area contributed by atoms with Crippen LogP contribution in [0.3, 0.4) is 0 Å². The van der Waals surface area contributed by atoms with Gasteiger partial charge in [0, 0.05) is 24.2 Å². The van der Waals surface area contributed by atoms with E-state index < -0.39 is 5.91 Å². The third kappa shape index (κ3) is 3.76. The number of Topliss-reactive ketones (excluding diaryl/α,β-unsaturated/α-hetero) is 2. The zero-order valence-electron chi connectivity index (χ0n) is 13.7. The average Bonchev–Trinajstić information content (AvgIpc) is 3.22. The number of pyridine rings is 1. The van der Waals surface area contributed by atoms with Crippen LogP contribution in [0.4, 0.5) is 0 Å². The van der Waals surface area contributed by atoms with Crippen molar-refractivity contribution in [1.82, 2.24) is 15.3 Å². The zero-order chi connectivity index (χ0) is 18.5. The van der Waals surface area contributed by atoms with Crippen LogP contribution < -0.4 is 11.3 Å². The van der Waals surface area contributed by atoms with Crippen LogP contribution in [-0.4, -0.2) is 33.9 Å². The van der Waals surface area contributed by atoms with Crippen molar-refractivity contribution in [2.75, 3.05) is 6.54 Å². The van der Waals surface area contributed by atoms with Crippen LogP contribution in [0.2, 0.25) is 0 Å². The van der Waals surface area contributed by atoms with Gasteiger partial charge in [0.2, 0.25) is 5.78 Å². The molecule has 0 saturated heterocycles. The molecule has 0 saturated carbocycles. The maximum absolute atomic E-state index is 12.8. The largest absolute Gasteiger partial charge is 0.346 e. The van der Waals surface area contributed by atoms with Gasteiger partial charge < -0.3 is 4.90 Å². The normalized spacial score (nSPS) is 13.3. The highest BCUT2D eigenvalue weighted by Gasteiger charge is 2.22. The molecule has 0 aromatic carbocycles. The van der Waals surface area contributed by atoms with E-state index in [0.717, 1.165) is 0 Å². The van der Waals surface area contributed by atoms with Crippen molar-refractivity contribution in [1.29, 1.82) is 0 Å². The predicted molar refractivity (Wildman–Crippen MR) is 97.4 cm³/mol. The molecule has 7 nitrogen and oxygen atoms in total. The van der Waals surface area contributed by atoms with Gasteiger partial charge >= 0.3 is 0 Å². The Hall–Kier alpha value is -3.10. The summed E-state index contributed by atoms with van der Waals surface area (Å²) in [4.78, 5) is 43.3. The van der Waals surface area contributed by atoms with Crippen LogP contribution in [0.25, 0.3) is 0 Å². The summed E-state index contributed by atoms with van der Waals surface area (Å²) < 4.78 is 0. The Morgan fingerprint density at radius 2 is 2.12 bits per heavy atom. The summed E-state index contributed by atoms with van der Waals surface area (Å²) in [6.07, 6.45) is 7.00. The van der Waals surface area contributed by atoms with Crippen LogP contribution in [0, 0.1) is 0 Å². The standard InChI is InChI=1S/C18H16N4O3S/c19-21-18(25)13-5-1-7-20-16(13)17(24)12-4-2-8-22(10-12)11-14(23)15-6-3-9-26-15/h1-3,5-10H,4,11,19H2,(H,21,25). The maximum Gasteiger partial charge on any atom is 0.267 e. The van der Waals surface area contributed by atoms with Gasteiger partial charge in [-0.05, 0) is 30.0 Å². The number of nitrogens with one attached hydrogen (secondary N) is 1. The number of rotatable bonds is 6. The second-order valence-corrected chi connectivity index (χ2v) is 6.47. The number of amides is 1. The van der Waals surface area contributed by atoms with E-state index in [1.54, 1.807) is 35.5 Å². The number of aromatic nitrogens is 1. The zero-order valence-corrected chi connectivity index (χ0v) is 14.5. The first-order valence-electron chi connectivity index (χ1n) is 7.80. The molecule has 26 heavy (non-hydrogen) atoms. The van der Waals surface area contributed by atoms with Gasteiger partial charge in [-0.25, -0.2) is 5.84 Å².